The highest BCUT2D eigenvalue weighted by molar-refractivity contribution is 7.19. The molecule has 0 spiro atoms. The van der Waals surface area contributed by atoms with Crippen molar-refractivity contribution in [1.29, 1.82) is 0 Å². The average Bonchev–Trinajstić information content (AvgIpc) is 3.34. The van der Waals surface area contributed by atoms with Crippen molar-refractivity contribution in [2.45, 2.75) is 19.6 Å². The van der Waals surface area contributed by atoms with Gasteiger partial charge >= 0.3 is 11.7 Å². The Kier molecular flexibility index (Phi) is 7.47. The number of hydrogen-bond donors (Lipinski definition) is 1. The minimum Gasteiger partial charge on any atom is -0.502 e. The van der Waals surface area contributed by atoms with E-state index in [9.17, 15) is 20.0 Å². The molecule has 14 heteroatoms. The second-order valence-electron chi connectivity index (χ2n) is 8.79. The van der Waals surface area contributed by atoms with E-state index in [0.29, 0.717) is 49.3 Å². The van der Waals surface area contributed by atoms with Crippen LogP contribution in [0.1, 0.15) is 33.8 Å². The first-order valence-corrected chi connectivity index (χ1v) is 12.9. The van der Waals surface area contributed by atoms with Gasteiger partial charge in [0, 0.05) is 36.9 Å². The van der Waals surface area contributed by atoms with Crippen LogP contribution in [0.2, 0.25) is 0 Å². The maximum Gasteiger partial charge on any atom is 0.341 e. The summed E-state index contributed by atoms with van der Waals surface area (Å²) in [5, 5.41) is 21.0. The van der Waals surface area contributed by atoms with E-state index in [0.717, 1.165) is 15.1 Å². The molecule has 1 N–H and O–H groups in total. The van der Waals surface area contributed by atoms with Gasteiger partial charge in [-0.05, 0) is 30.7 Å². The molecular formula is C25H25N7O6S. The molecule has 202 valence electrons. The largest absolute Gasteiger partial charge is 0.502 e. The summed E-state index contributed by atoms with van der Waals surface area (Å²) in [6.07, 6.45) is 4.30. The van der Waals surface area contributed by atoms with Crippen molar-refractivity contribution in [2.24, 2.45) is 0 Å². The number of esters is 1. The third kappa shape index (κ3) is 5.71. The highest BCUT2D eigenvalue weighted by atomic mass is 32.1. The molecule has 0 radical (unpaired) electrons. The lowest BCUT2D eigenvalue weighted by atomic mass is 10.1. The van der Waals surface area contributed by atoms with Crippen LogP contribution in [0.5, 0.6) is 5.75 Å². The van der Waals surface area contributed by atoms with Crippen molar-refractivity contribution in [3.63, 3.8) is 0 Å². The zero-order valence-corrected chi connectivity index (χ0v) is 22.0. The monoisotopic (exact) mass is 551 g/mol. The number of phenols is 1. The number of aromatic nitrogens is 4. The molecule has 1 aliphatic rings. The third-order valence-electron chi connectivity index (χ3n) is 6.11. The molecule has 4 heterocycles. The van der Waals surface area contributed by atoms with Gasteiger partial charge in [0.2, 0.25) is 11.9 Å². The van der Waals surface area contributed by atoms with Crippen LogP contribution in [0.25, 0.3) is 10.2 Å². The topological polar surface area (TPSA) is 157 Å². The van der Waals surface area contributed by atoms with Gasteiger partial charge in [0.05, 0.1) is 53.2 Å². The summed E-state index contributed by atoms with van der Waals surface area (Å²) in [5.74, 6) is 0.177. The van der Waals surface area contributed by atoms with E-state index >= 15 is 0 Å². The summed E-state index contributed by atoms with van der Waals surface area (Å²) in [5.41, 5.74) is 1.40. The first-order chi connectivity index (χ1) is 18.8. The van der Waals surface area contributed by atoms with Gasteiger partial charge in [-0.1, -0.05) is 0 Å². The van der Waals surface area contributed by atoms with E-state index in [1.807, 2.05) is 22.9 Å². The van der Waals surface area contributed by atoms with E-state index < -0.39 is 22.7 Å². The summed E-state index contributed by atoms with van der Waals surface area (Å²) in [4.78, 5) is 45.0. The number of carbonyl (C=O) groups excluding carboxylic acids is 1. The Balaban J connectivity index is 1.28. The third-order valence-corrected chi connectivity index (χ3v) is 7.15. The minimum atomic E-state index is -0.627. The second kappa shape index (κ2) is 11.1. The Morgan fingerprint density at radius 3 is 2.79 bits per heavy atom. The quantitative estimate of drug-likeness (QED) is 0.193. The number of anilines is 2. The van der Waals surface area contributed by atoms with Gasteiger partial charge in [-0.2, -0.15) is 0 Å². The molecule has 1 atom stereocenters. The van der Waals surface area contributed by atoms with E-state index in [4.69, 9.17) is 14.5 Å². The van der Waals surface area contributed by atoms with Crippen LogP contribution in [-0.2, 0) is 16.0 Å². The molecule has 1 unspecified atom stereocenters. The van der Waals surface area contributed by atoms with E-state index in [2.05, 4.69) is 15.0 Å². The van der Waals surface area contributed by atoms with Crippen molar-refractivity contribution in [1.82, 2.24) is 19.9 Å². The molecular weight excluding hydrogens is 526 g/mol. The molecule has 4 aromatic rings. The Labute approximate surface area is 226 Å². The highest BCUT2D eigenvalue weighted by Gasteiger charge is 2.26. The zero-order valence-electron chi connectivity index (χ0n) is 21.2. The van der Waals surface area contributed by atoms with Crippen LogP contribution in [-0.4, -0.2) is 69.3 Å². The second-order valence-corrected chi connectivity index (χ2v) is 9.96. The summed E-state index contributed by atoms with van der Waals surface area (Å²) >= 11 is 1.57. The Morgan fingerprint density at radius 1 is 1.28 bits per heavy atom. The number of carbonyl (C=O) groups is 1. The fraction of sp³-hybridized carbons (Fsp3) is 0.320. The van der Waals surface area contributed by atoms with Crippen LogP contribution < -0.4 is 9.80 Å². The van der Waals surface area contributed by atoms with Crippen molar-refractivity contribution in [3.05, 3.63) is 69.0 Å². The van der Waals surface area contributed by atoms with Gasteiger partial charge in [-0.25, -0.2) is 24.7 Å². The Morgan fingerprint density at radius 2 is 2.08 bits per heavy atom. The van der Waals surface area contributed by atoms with E-state index in [1.54, 1.807) is 30.5 Å². The predicted molar refractivity (Wildman–Crippen MR) is 143 cm³/mol. The molecule has 0 amide bonds. The first-order valence-electron chi connectivity index (χ1n) is 12.1. The number of nitro groups is 1. The number of ether oxygens (including phenoxy) is 2. The number of aromatic hydroxyl groups is 1. The fourth-order valence-electron chi connectivity index (χ4n) is 4.18. The number of benzene rings is 1. The molecule has 0 saturated carbocycles. The maximum atomic E-state index is 11.8. The van der Waals surface area contributed by atoms with Crippen molar-refractivity contribution in [3.8, 4) is 5.75 Å². The molecule has 0 bridgehead atoms. The first kappa shape index (κ1) is 26.2. The van der Waals surface area contributed by atoms with E-state index in [-0.39, 0.29) is 12.3 Å². The predicted octanol–water partition coefficient (Wildman–Crippen LogP) is 3.49. The number of rotatable bonds is 8. The number of phenolic OH excluding ortho intramolecular Hbond substituents is 1. The van der Waals surface area contributed by atoms with Crippen molar-refractivity contribution >= 4 is 45.1 Å². The Hall–Kier alpha value is -4.43. The summed E-state index contributed by atoms with van der Waals surface area (Å²) in [6.45, 7) is 4.00. The number of nitro benzene ring substituents is 1. The lowest BCUT2D eigenvalue weighted by Gasteiger charge is -2.33. The van der Waals surface area contributed by atoms with Gasteiger partial charge in [-0.3, -0.25) is 10.1 Å². The number of thiophene rings is 1. The lowest BCUT2D eigenvalue weighted by molar-refractivity contribution is -0.385. The fourth-order valence-corrected chi connectivity index (χ4v) is 5.21. The molecule has 5 rings (SSSR count). The van der Waals surface area contributed by atoms with Crippen LogP contribution in [0.15, 0.2) is 42.9 Å². The Bertz CT molecular complexity index is 1510. The van der Waals surface area contributed by atoms with Gasteiger partial charge in [0.15, 0.2) is 5.75 Å². The summed E-state index contributed by atoms with van der Waals surface area (Å²) < 4.78 is 11.8. The van der Waals surface area contributed by atoms with Crippen LogP contribution in [0.4, 0.5) is 17.6 Å². The molecule has 1 aliphatic heterocycles. The van der Waals surface area contributed by atoms with Crippen molar-refractivity contribution in [2.75, 3.05) is 43.2 Å². The SMILES string of the molecule is CCOC(=O)c1cnc(N(C)Cc2cc3nc(N4CCOC(c5ccc([N+](=O)[O-])c(O)c5)C4)ncc3s2)nc1. The molecule has 13 nitrogen and oxygen atoms in total. The molecule has 1 aromatic carbocycles. The molecule has 39 heavy (non-hydrogen) atoms. The normalized spacial score (nSPS) is 15.3. The number of nitrogens with zero attached hydrogens (tertiary/aromatic N) is 7. The van der Waals surface area contributed by atoms with Crippen LogP contribution in [0, 0.1) is 10.1 Å². The summed E-state index contributed by atoms with van der Waals surface area (Å²) in [6, 6.07) is 6.23. The van der Waals surface area contributed by atoms with E-state index in [1.165, 1.54) is 24.5 Å². The van der Waals surface area contributed by atoms with Gasteiger partial charge < -0.3 is 24.4 Å². The number of fused-ring (bicyclic) bond motifs is 1. The summed E-state index contributed by atoms with van der Waals surface area (Å²) in [7, 11) is 1.87. The molecule has 1 fully saturated rings. The van der Waals surface area contributed by atoms with Gasteiger partial charge in [0.25, 0.3) is 0 Å². The van der Waals surface area contributed by atoms with Gasteiger partial charge in [-0.15, -0.1) is 11.3 Å². The highest BCUT2D eigenvalue weighted by Crippen LogP contribution is 2.33. The van der Waals surface area contributed by atoms with Gasteiger partial charge in [0.1, 0.15) is 6.10 Å². The molecule has 3 aromatic heterocycles. The zero-order chi connectivity index (χ0) is 27.5. The standard InChI is InChI=1S/C25H25N7O6S/c1-3-37-23(34)16-10-26-24(27-11-16)30(2)13-17-9-18-22(39-17)12-28-25(29-18)31-6-7-38-21(14-31)15-4-5-19(32(35)36)20(33)8-15/h4-5,8-12,21,33H,3,6-7,13-14H2,1-2H3. The minimum absolute atomic E-state index is 0.285. The molecule has 1 saturated heterocycles. The number of morpholine rings is 1. The smallest absolute Gasteiger partial charge is 0.341 e. The van der Waals surface area contributed by atoms with Crippen molar-refractivity contribution < 1.29 is 24.3 Å². The number of hydrogen-bond acceptors (Lipinski definition) is 13. The molecule has 0 aliphatic carbocycles. The van der Waals surface area contributed by atoms with Crippen LogP contribution >= 0.6 is 11.3 Å². The maximum absolute atomic E-state index is 11.8. The lowest BCUT2D eigenvalue weighted by Crippen LogP contribution is -2.39. The average molecular weight is 552 g/mol. The van der Waals surface area contributed by atoms with Crippen LogP contribution in [0.3, 0.4) is 0 Å².